The van der Waals surface area contributed by atoms with Gasteiger partial charge in [0, 0.05) is 10.4 Å². The monoisotopic (exact) mass is 380 g/mol. The standard InChI is InChI=1S/C21H20N2O3S/c1-12-7-9-14(10-8-12)18-13(2)27-20(17(18)11-22)23-19(24)15-5-3-4-6-16(15)21(25)26/h3-4,7-10,15-16H,5-6H2,1-2H3,(H,23,24)(H,25,26)/t15-,16+/m1/s1. The van der Waals surface area contributed by atoms with Crippen LogP contribution in [0.1, 0.15) is 28.8 Å². The second-order valence-electron chi connectivity index (χ2n) is 6.70. The fraction of sp³-hybridized carbons (Fsp3) is 0.286. The highest BCUT2D eigenvalue weighted by atomic mass is 32.1. The number of carboxylic acid groups (broad SMARTS) is 1. The maximum Gasteiger partial charge on any atom is 0.307 e. The SMILES string of the molecule is Cc1ccc(-c2c(C)sc(NC(=O)[C@@H]3CC=CC[C@@H]3C(=O)O)c2C#N)cc1. The molecule has 6 heteroatoms. The largest absolute Gasteiger partial charge is 0.481 e. The number of thiophene rings is 1. The number of aliphatic carboxylic acids is 1. The van der Waals surface area contributed by atoms with Crippen molar-refractivity contribution in [2.24, 2.45) is 11.8 Å². The summed E-state index contributed by atoms with van der Waals surface area (Å²) in [4.78, 5) is 25.1. The molecule has 2 N–H and O–H groups in total. The number of carboxylic acids is 1. The Kier molecular flexibility index (Phi) is 5.43. The molecule has 2 atom stereocenters. The fourth-order valence-corrected chi connectivity index (χ4v) is 4.42. The van der Waals surface area contributed by atoms with Crippen LogP contribution in [0, 0.1) is 37.0 Å². The predicted octanol–water partition coefficient (Wildman–Crippen LogP) is 4.51. The topological polar surface area (TPSA) is 90.2 Å². The van der Waals surface area contributed by atoms with Gasteiger partial charge in [-0.1, -0.05) is 42.0 Å². The van der Waals surface area contributed by atoms with Crippen molar-refractivity contribution in [3.8, 4) is 17.2 Å². The van der Waals surface area contributed by atoms with Crippen molar-refractivity contribution >= 4 is 28.2 Å². The first kappa shape index (κ1) is 18.9. The Morgan fingerprint density at radius 3 is 2.37 bits per heavy atom. The number of rotatable bonds is 4. The Bertz CT molecular complexity index is 951. The number of nitriles is 1. The van der Waals surface area contributed by atoms with Gasteiger partial charge in [-0.3, -0.25) is 9.59 Å². The maximum absolute atomic E-state index is 12.7. The summed E-state index contributed by atoms with van der Waals surface area (Å²) in [5.74, 6) is -2.69. The zero-order chi connectivity index (χ0) is 19.6. The van der Waals surface area contributed by atoms with Crippen molar-refractivity contribution in [3.63, 3.8) is 0 Å². The van der Waals surface area contributed by atoms with E-state index in [1.165, 1.54) is 11.3 Å². The van der Waals surface area contributed by atoms with Gasteiger partial charge >= 0.3 is 5.97 Å². The number of carbonyl (C=O) groups excluding carboxylic acids is 1. The number of carbonyl (C=O) groups is 2. The predicted molar refractivity (Wildman–Crippen MR) is 106 cm³/mol. The molecule has 0 unspecified atom stereocenters. The van der Waals surface area contributed by atoms with Crippen molar-refractivity contribution in [3.05, 3.63) is 52.4 Å². The minimum absolute atomic E-state index is 0.344. The maximum atomic E-state index is 12.7. The van der Waals surface area contributed by atoms with Crippen LogP contribution in [0.25, 0.3) is 11.1 Å². The quantitative estimate of drug-likeness (QED) is 0.764. The number of amides is 1. The van der Waals surface area contributed by atoms with Gasteiger partial charge in [-0.05, 0) is 32.3 Å². The minimum Gasteiger partial charge on any atom is -0.481 e. The lowest BCUT2D eigenvalue weighted by atomic mass is 9.82. The molecule has 0 saturated carbocycles. The molecule has 1 amide bonds. The van der Waals surface area contributed by atoms with Gasteiger partial charge in [0.2, 0.25) is 5.91 Å². The smallest absolute Gasteiger partial charge is 0.307 e. The molecule has 3 rings (SSSR count). The van der Waals surface area contributed by atoms with E-state index in [4.69, 9.17) is 0 Å². The van der Waals surface area contributed by atoms with Gasteiger partial charge in [0.1, 0.15) is 11.1 Å². The van der Waals surface area contributed by atoms with Crippen molar-refractivity contribution in [1.82, 2.24) is 0 Å². The Morgan fingerprint density at radius 1 is 1.15 bits per heavy atom. The Labute approximate surface area is 162 Å². The highest BCUT2D eigenvalue weighted by Crippen LogP contribution is 2.40. The van der Waals surface area contributed by atoms with Crippen LogP contribution >= 0.6 is 11.3 Å². The van der Waals surface area contributed by atoms with Crippen LogP contribution in [0.15, 0.2) is 36.4 Å². The molecule has 0 bridgehead atoms. The number of allylic oxidation sites excluding steroid dienone is 2. The molecule has 0 fully saturated rings. The number of hydrogen-bond acceptors (Lipinski definition) is 4. The van der Waals surface area contributed by atoms with Gasteiger partial charge in [-0.15, -0.1) is 11.3 Å². The van der Waals surface area contributed by atoms with E-state index in [9.17, 15) is 20.0 Å². The molecule has 0 saturated heterocycles. The molecule has 27 heavy (non-hydrogen) atoms. The number of nitrogens with one attached hydrogen (secondary N) is 1. The van der Waals surface area contributed by atoms with Gasteiger partial charge in [0.15, 0.2) is 0 Å². The number of anilines is 1. The van der Waals surface area contributed by atoms with E-state index >= 15 is 0 Å². The molecular weight excluding hydrogens is 360 g/mol. The lowest BCUT2D eigenvalue weighted by molar-refractivity contribution is -0.146. The van der Waals surface area contributed by atoms with Crippen LogP contribution in [0.2, 0.25) is 0 Å². The summed E-state index contributed by atoms with van der Waals surface area (Å²) in [6.45, 7) is 3.92. The van der Waals surface area contributed by atoms with E-state index in [2.05, 4.69) is 11.4 Å². The first-order chi connectivity index (χ1) is 12.9. The van der Waals surface area contributed by atoms with Crippen molar-refractivity contribution in [2.45, 2.75) is 26.7 Å². The number of nitrogens with zero attached hydrogens (tertiary/aromatic N) is 1. The summed E-state index contributed by atoms with van der Waals surface area (Å²) in [5.41, 5.74) is 3.29. The molecule has 5 nitrogen and oxygen atoms in total. The molecule has 138 valence electrons. The van der Waals surface area contributed by atoms with Crippen LogP contribution in [0.4, 0.5) is 5.00 Å². The van der Waals surface area contributed by atoms with Crippen LogP contribution < -0.4 is 5.32 Å². The number of benzene rings is 1. The van der Waals surface area contributed by atoms with Crippen LogP contribution in [0.5, 0.6) is 0 Å². The first-order valence-corrected chi connectivity index (χ1v) is 9.53. The molecular formula is C21H20N2O3S. The highest BCUT2D eigenvalue weighted by Gasteiger charge is 2.34. The van der Waals surface area contributed by atoms with E-state index in [1.54, 1.807) is 6.08 Å². The molecule has 1 aliphatic carbocycles. The lowest BCUT2D eigenvalue weighted by Crippen LogP contribution is -2.34. The third-order valence-corrected chi connectivity index (χ3v) is 5.88. The van der Waals surface area contributed by atoms with Gasteiger partial charge < -0.3 is 10.4 Å². The van der Waals surface area contributed by atoms with E-state index in [1.807, 2.05) is 44.2 Å². The van der Waals surface area contributed by atoms with Crippen LogP contribution in [-0.4, -0.2) is 17.0 Å². The molecule has 1 aliphatic rings. The van der Waals surface area contributed by atoms with Gasteiger partial charge in [0.25, 0.3) is 0 Å². The zero-order valence-corrected chi connectivity index (χ0v) is 16.0. The summed E-state index contributed by atoms with van der Waals surface area (Å²) < 4.78 is 0. The molecule has 0 radical (unpaired) electrons. The van der Waals surface area contributed by atoms with Crippen LogP contribution in [-0.2, 0) is 9.59 Å². The molecule has 0 spiro atoms. The summed E-state index contributed by atoms with van der Waals surface area (Å²) in [7, 11) is 0. The van der Waals surface area contributed by atoms with Crippen LogP contribution in [0.3, 0.4) is 0 Å². The second kappa shape index (κ2) is 7.77. The third-order valence-electron chi connectivity index (χ3n) is 4.86. The highest BCUT2D eigenvalue weighted by molar-refractivity contribution is 7.17. The third kappa shape index (κ3) is 3.79. The molecule has 0 aliphatic heterocycles. The Morgan fingerprint density at radius 2 is 1.78 bits per heavy atom. The van der Waals surface area contributed by atoms with Gasteiger partial charge in [-0.25, -0.2) is 0 Å². The van der Waals surface area contributed by atoms with Gasteiger partial charge in [-0.2, -0.15) is 5.26 Å². The summed E-state index contributed by atoms with van der Waals surface area (Å²) in [5, 5.41) is 22.4. The average molecular weight is 380 g/mol. The first-order valence-electron chi connectivity index (χ1n) is 8.71. The lowest BCUT2D eigenvalue weighted by Gasteiger charge is -2.23. The minimum atomic E-state index is -0.970. The summed E-state index contributed by atoms with van der Waals surface area (Å²) >= 11 is 1.35. The van der Waals surface area contributed by atoms with Crippen molar-refractivity contribution < 1.29 is 14.7 Å². The molecule has 1 aromatic heterocycles. The summed E-state index contributed by atoms with van der Waals surface area (Å²) in [6, 6.07) is 10.1. The van der Waals surface area contributed by atoms with E-state index in [-0.39, 0.29) is 5.91 Å². The van der Waals surface area contributed by atoms with E-state index in [0.717, 1.165) is 21.6 Å². The second-order valence-corrected chi connectivity index (χ2v) is 7.92. The van der Waals surface area contributed by atoms with Gasteiger partial charge in [0.05, 0.1) is 17.4 Å². The number of hydrogen-bond donors (Lipinski definition) is 2. The fourth-order valence-electron chi connectivity index (χ4n) is 3.39. The normalized spacial score (nSPS) is 18.7. The summed E-state index contributed by atoms with van der Waals surface area (Å²) in [6.07, 6.45) is 4.37. The number of aryl methyl sites for hydroxylation is 2. The molecule has 1 heterocycles. The molecule has 2 aromatic rings. The van der Waals surface area contributed by atoms with E-state index in [0.29, 0.717) is 23.4 Å². The average Bonchev–Trinajstić information content (AvgIpc) is 2.97. The van der Waals surface area contributed by atoms with Crippen molar-refractivity contribution in [2.75, 3.05) is 5.32 Å². The van der Waals surface area contributed by atoms with Crippen molar-refractivity contribution in [1.29, 1.82) is 5.26 Å². The molecule has 1 aromatic carbocycles. The zero-order valence-electron chi connectivity index (χ0n) is 15.2. The Hall–Kier alpha value is -2.91. The van der Waals surface area contributed by atoms with E-state index < -0.39 is 17.8 Å². The Balaban J connectivity index is 1.92.